The van der Waals surface area contributed by atoms with Crippen LogP contribution in [-0.4, -0.2) is 79.3 Å². The summed E-state index contributed by atoms with van der Waals surface area (Å²) in [6.45, 7) is 11.0. The highest BCUT2D eigenvalue weighted by Crippen LogP contribution is 2.18. The summed E-state index contributed by atoms with van der Waals surface area (Å²) in [6.07, 6.45) is 1.88. The number of nitrogens with zero attached hydrogens (tertiary/aromatic N) is 3. The van der Waals surface area contributed by atoms with Gasteiger partial charge in [-0.1, -0.05) is 0 Å². The van der Waals surface area contributed by atoms with Crippen LogP contribution in [0.5, 0.6) is 0 Å². The van der Waals surface area contributed by atoms with E-state index in [0.717, 1.165) is 51.3 Å². The number of likely N-dealkylation sites (tertiary alicyclic amines) is 1. The second-order valence-electron chi connectivity index (χ2n) is 9.36. The third-order valence-corrected chi connectivity index (χ3v) is 5.77. The number of hydrogen-bond acceptors (Lipinski definition) is 5. The van der Waals surface area contributed by atoms with Crippen molar-refractivity contribution in [2.75, 3.05) is 50.7 Å². The first kappa shape index (κ1) is 23.3. The SMILES string of the molecule is CC(C)(C)OC(=O)NC1CCN(CCC(=O)N2CCN(c3ccc(F)cc3)CC2)CC1. The van der Waals surface area contributed by atoms with E-state index in [2.05, 4.69) is 15.1 Å². The minimum absolute atomic E-state index is 0.126. The van der Waals surface area contributed by atoms with Crippen LogP contribution in [0.4, 0.5) is 14.9 Å². The number of anilines is 1. The molecule has 7 nitrogen and oxygen atoms in total. The number of benzene rings is 1. The Bertz CT molecular complexity index is 734. The first-order chi connectivity index (χ1) is 14.7. The first-order valence-electron chi connectivity index (χ1n) is 11.2. The van der Waals surface area contributed by atoms with Crippen molar-refractivity contribution in [3.63, 3.8) is 0 Å². The minimum Gasteiger partial charge on any atom is -0.444 e. The molecule has 2 amide bonds. The molecule has 2 aliphatic rings. The highest BCUT2D eigenvalue weighted by molar-refractivity contribution is 5.76. The molecule has 2 heterocycles. The Morgan fingerprint density at radius 2 is 1.65 bits per heavy atom. The lowest BCUT2D eigenvalue weighted by Crippen LogP contribution is -2.50. The van der Waals surface area contributed by atoms with E-state index in [1.165, 1.54) is 12.1 Å². The molecule has 1 aromatic rings. The van der Waals surface area contributed by atoms with Gasteiger partial charge in [0.2, 0.25) is 5.91 Å². The number of rotatable bonds is 5. The van der Waals surface area contributed by atoms with Gasteiger partial charge in [-0.2, -0.15) is 0 Å². The van der Waals surface area contributed by atoms with Gasteiger partial charge in [0.25, 0.3) is 0 Å². The van der Waals surface area contributed by atoms with Gasteiger partial charge in [-0.25, -0.2) is 9.18 Å². The van der Waals surface area contributed by atoms with Gasteiger partial charge < -0.3 is 24.8 Å². The van der Waals surface area contributed by atoms with Gasteiger partial charge in [0.05, 0.1) is 0 Å². The Balaban J connectivity index is 1.33. The molecule has 2 aliphatic heterocycles. The monoisotopic (exact) mass is 434 g/mol. The Labute approximate surface area is 184 Å². The van der Waals surface area contributed by atoms with Crippen molar-refractivity contribution in [3.8, 4) is 0 Å². The second-order valence-corrected chi connectivity index (χ2v) is 9.36. The molecule has 1 aromatic carbocycles. The Kier molecular flexibility index (Phi) is 7.75. The fraction of sp³-hybridized carbons (Fsp3) is 0.652. The number of piperidine rings is 1. The van der Waals surface area contributed by atoms with Crippen LogP contribution in [0.1, 0.15) is 40.0 Å². The molecule has 0 aliphatic carbocycles. The van der Waals surface area contributed by atoms with E-state index in [1.54, 1.807) is 12.1 Å². The Morgan fingerprint density at radius 3 is 2.23 bits per heavy atom. The van der Waals surface area contributed by atoms with Crippen LogP contribution in [0.15, 0.2) is 24.3 Å². The van der Waals surface area contributed by atoms with E-state index < -0.39 is 5.60 Å². The van der Waals surface area contributed by atoms with Crippen LogP contribution in [-0.2, 0) is 9.53 Å². The van der Waals surface area contributed by atoms with E-state index in [-0.39, 0.29) is 23.9 Å². The zero-order valence-corrected chi connectivity index (χ0v) is 18.9. The van der Waals surface area contributed by atoms with Crippen molar-refractivity contribution in [2.24, 2.45) is 0 Å². The predicted molar refractivity (Wildman–Crippen MR) is 119 cm³/mol. The van der Waals surface area contributed by atoms with Crippen LogP contribution >= 0.6 is 0 Å². The molecular formula is C23H35FN4O3. The maximum Gasteiger partial charge on any atom is 0.407 e. The Morgan fingerprint density at radius 1 is 1.03 bits per heavy atom. The standard InChI is InChI=1S/C23H35FN4O3/c1-23(2,3)31-22(30)25-19-8-11-26(12-9-19)13-10-21(29)28-16-14-27(15-17-28)20-6-4-18(24)5-7-20/h4-7,19H,8-17H2,1-3H3,(H,25,30). The molecule has 0 radical (unpaired) electrons. The summed E-state index contributed by atoms with van der Waals surface area (Å²) in [6, 6.07) is 6.64. The van der Waals surface area contributed by atoms with Gasteiger partial charge in [-0.05, 0) is 57.9 Å². The first-order valence-corrected chi connectivity index (χ1v) is 11.2. The second kappa shape index (κ2) is 10.3. The van der Waals surface area contributed by atoms with E-state index >= 15 is 0 Å². The van der Waals surface area contributed by atoms with Crippen LogP contribution in [0.3, 0.4) is 0 Å². The average Bonchev–Trinajstić information content (AvgIpc) is 2.72. The van der Waals surface area contributed by atoms with E-state index in [4.69, 9.17) is 4.74 Å². The summed E-state index contributed by atoms with van der Waals surface area (Å²) in [7, 11) is 0. The van der Waals surface area contributed by atoms with Crippen LogP contribution in [0.2, 0.25) is 0 Å². The van der Waals surface area contributed by atoms with Gasteiger partial charge >= 0.3 is 6.09 Å². The fourth-order valence-electron chi connectivity index (χ4n) is 4.05. The highest BCUT2D eigenvalue weighted by atomic mass is 19.1. The lowest BCUT2D eigenvalue weighted by molar-refractivity contribution is -0.131. The lowest BCUT2D eigenvalue weighted by atomic mass is 10.1. The number of halogens is 1. The maximum absolute atomic E-state index is 13.1. The number of ether oxygens (including phenoxy) is 1. The van der Waals surface area contributed by atoms with Gasteiger partial charge in [0, 0.05) is 64.0 Å². The molecule has 0 aromatic heterocycles. The molecule has 0 atom stereocenters. The summed E-state index contributed by atoms with van der Waals surface area (Å²) in [4.78, 5) is 30.9. The molecule has 1 N–H and O–H groups in total. The molecule has 0 spiro atoms. The van der Waals surface area contributed by atoms with Gasteiger partial charge in [0.1, 0.15) is 11.4 Å². The van der Waals surface area contributed by atoms with Crippen molar-refractivity contribution < 1.29 is 18.7 Å². The number of amides is 2. The zero-order chi connectivity index (χ0) is 22.4. The smallest absolute Gasteiger partial charge is 0.407 e. The molecule has 0 saturated carbocycles. The molecule has 3 rings (SSSR count). The summed E-state index contributed by atoms with van der Waals surface area (Å²) in [5, 5.41) is 2.94. The van der Waals surface area contributed by atoms with Gasteiger partial charge in [0.15, 0.2) is 0 Å². The van der Waals surface area contributed by atoms with Crippen molar-refractivity contribution >= 4 is 17.7 Å². The zero-order valence-electron chi connectivity index (χ0n) is 18.9. The van der Waals surface area contributed by atoms with E-state index in [9.17, 15) is 14.0 Å². The largest absolute Gasteiger partial charge is 0.444 e. The molecule has 2 saturated heterocycles. The number of nitrogens with one attached hydrogen (secondary N) is 1. The predicted octanol–water partition coefficient (Wildman–Crippen LogP) is 2.85. The van der Waals surface area contributed by atoms with E-state index in [0.29, 0.717) is 19.5 Å². The average molecular weight is 435 g/mol. The number of carbonyl (C=O) groups is 2. The van der Waals surface area contributed by atoms with Gasteiger partial charge in [-0.3, -0.25) is 4.79 Å². The lowest BCUT2D eigenvalue weighted by Gasteiger charge is -2.37. The van der Waals surface area contributed by atoms with E-state index in [1.807, 2.05) is 25.7 Å². The van der Waals surface area contributed by atoms with Crippen molar-refractivity contribution in [3.05, 3.63) is 30.1 Å². The molecule has 31 heavy (non-hydrogen) atoms. The summed E-state index contributed by atoms with van der Waals surface area (Å²) in [5.74, 6) is -0.0463. The normalized spacial score (nSPS) is 18.7. The molecule has 2 fully saturated rings. The van der Waals surface area contributed by atoms with Crippen LogP contribution in [0, 0.1) is 5.82 Å². The van der Waals surface area contributed by atoms with Crippen molar-refractivity contribution in [2.45, 2.75) is 51.7 Å². The third kappa shape index (κ3) is 7.38. The maximum atomic E-state index is 13.1. The fourth-order valence-corrected chi connectivity index (χ4v) is 4.05. The number of hydrogen-bond donors (Lipinski definition) is 1. The molecule has 0 unspecified atom stereocenters. The van der Waals surface area contributed by atoms with Crippen molar-refractivity contribution in [1.82, 2.24) is 15.1 Å². The summed E-state index contributed by atoms with van der Waals surface area (Å²) >= 11 is 0. The molecular weight excluding hydrogens is 399 g/mol. The Hall–Kier alpha value is -2.35. The quantitative estimate of drug-likeness (QED) is 0.772. The van der Waals surface area contributed by atoms with Crippen LogP contribution in [0.25, 0.3) is 0 Å². The van der Waals surface area contributed by atoms with Crippen LogP contribution < -0.4 is 10.2 Å². The highest BCUT2D eigenvalue weighted by Gasteiger charge is 2.25. The third-order valence-electron chi connectivity index (χ3n) is 5.77. The molecule has 172 valence electrons. The van der Waals surface area contributed by atoms with Crippen molar-refractivity contribution in [1.29, 1.82) is 0 Å². The summed E-state index contributed by atoms with van der Waals surface area (Å²) < 4.78 is 18.4. The molecule has 0 bridgehead atoms. The number of piperazine rings is 1. The molecule has 8 heteroatoms. The number of alkyl carbamates (subject to hydrolysis) is 1. The van der Waals surface area contributed by atoms with Gasteiger partial charge in [-0.15, -0.1) is 0 Å². The summed E-state index contributed by atoms with van der Waals surface area (Å²) in [5.41, 5.74) is 0.506. The topological polar surface area (TPSA) is 65.1 Å². The number of carbonyl (C=O) groups excluding carboxylic acids is 2. The minimum atomic E-state index is -0.490.